The summed E-state index contributed by atoms with van der Waals surface area (Å²) >= 11 is 0. The summed E-state index contributed by atoms with van der Waals surface area (Å²) in [6.45, 7) is 6.50. The van der Waals surface area contributed by atoms with Crippen LogP contribution in [0, 0.1) is 0 Å². The number of rotatable bonds is 5. The highest BCUT2D eigenvalue weighted by molar-refractivity contribution is 5.64. The van der Waals surface area contributed by atoms with Gasteiger partial charge in [0.1, 0.15) is 23.7 Å². The summed E-state index contributed by atoms with van der Waals surface area (Å²) in [5, 5.41) is 10.6. The van der Waals surface area contributed by atoms with Crippen molar-refractivity contribution in [3.63, 3.8) is 0 Å². The van der Waals surface area contributed by atoms with Gasteiger partial charge in [0.25, 0.3) is 0 Å². The van der Waals surface area contributed by atoms with Crippen molar-refractivity contribution in [3.8, 4) is 11.5 Å². The monoisotopic (exact) mass is 295 g/mol. The Balaban J connectivity index is 0.000000647. The molecule has 1 aromatic rings. The van der Waals surface area contributed by atoms with Crippen LogP contribution in [0.2, 0.25) is 0 Å². The van der Waals surface area contributed by atoms with Gasteiger partial charge in [-0.05, 0) is 45.0 Å². The van der Waals surface area contributed by atoms with Crippen molar-refractivity contribution in [1.82, 2.24) is 5.32 Å². The zero-order chi connectivity index (χ0) is 15.7. The van der Waals surface area contributed by atoms with E-state index in [2.05, 4.69) is 5.32 Å². The lowest BCUT2D eigenvalue weighted by molar-refractivity contribution is 0.131. The van der Waals surface area contributed by atoms with E-state index >= 15 is 0 Å². The molecule has 0 aromatic heterocycles. The minimum atomic E-state index is -1.05. The van der Waals surface area contributed by atoms with Crippen molar-refractivity contribution < 1.29 is 19.4 Å². The van der Waals surface area contributed by atoms with Gasteiger partial charge in [-0.15, -0.1) is 0 Å². The molecule has 0 aliphatic heterocycles. The van der Waals surface area contributed by atoms with E-state index in [4.69, 9.17) is 14.6 Å². The largest absolute Gasteiger partial charge is 0.492 e. The normalized spacial score (nSPS) is 12.7. The topological polar surface area (TPSA) is 67.8 Å². The average Bonchev–Trinajstić information content (AvgIpc) is 3.22. The van der Waals surface area contributed by atoms with E-state index in [9.17, 15) is 4.79 Å². The number of amides is 1. The molecule has 0 spiro atoms. The molecule has 1 fully saturated rings. The van der Waals surface area contributed by atoms with Gasteiger partial charge in [0.05, 0.1) is 6.54 Å². The molecule has 1 amide bonds. The first-order valence-electron chi connectivity index (χ1n) is 7.25. The molecule has 2 rings (SSSR count). The summed E-state index contributed by atoms with van der Waals surface area (Å²) in [4.78, 5) is 10.2. The molecule has 1 aliphatic carbocycles. The number of ether oxygens (including phenoxy) is 2. The quantitative estimate of drug-likeness (QED) is 0.813. The van der Waals surface area contributed by atoms with Gasteiger partial charge in [-0.25, -0.2) is 4.79 Å². The van der Waals surface area contributed by atoms with E-state index in [1.807, 2.05) is 32.9 Å². The number of hydrogen-bond acceptors (Lipinski definition) is 3. The SMILES string of the molecule is C1CC1.CC(C)(C)Oc1ccc(OCCNC(=O)O)cc1. The predicted octanol–water partition coefficient (Wildman–Crippen LogP) is 3.68. The molecule has 118 valence electrons. The van der Waals surface area contributed by atoms with E-state index in [-0.39, 0.29) is 12.1 Å². The first-order valence-corrected chi connectivity index (χ1v) is 7.25. The Hall–Kier alpha value is -1.91. The second kappa shape index (κ2) is 8.39. The fraction of sp³-hybridized carbons (Fsp3) is 0.562. The number of nitrogens with one attached hydrogen (secondary N) is 1. The maximum Gasteiger partial charge on any atom is 0.404 e. The lowest BCUT2D eigenvalue weighted by atomic mass is 10.2. The Bertz CT molecular complexity index is 418. The lowest BCUT2D eigenvalue weighted by Crippen LogP contribution is -2.26. The molecule has 0 unspecified atom stereocenters. The Morgan fingerprint density at radius 3 is 2.10 bits per heavy atom. The Labute approximate surface area is 126 Å². The Morgan fingerprint density at radius 1 is 1.14 bits per heavy atom. The van der Waals surface area contributed by atoms with Crippen molar-refractivity contribution >= 4 is 6.09 Å². The molecule has 2 N–H and O–H groups in total. The van der Waals surface area contributed by atoms with E-state index < -0.39 is 6.09 Å². The standard InChI is InChI=1S/C13H19NO4.C3H6/c1-13(2,3)18-11-6-4-10(5-7-11)17-9-8-14-12(15)16;1-2-3-1/h4-7,14H,8-9H2,1-3H3,(H,15,16);1-3H2. The van der Waals surface area contributed by atoms with Crippen LogP contribution in [0.1, 0.15) is 40.0 Å². The number of carbonyl (C=O) groups is 1. The van der Waals surface area contributed by atoms with Gasteiger partial charge in [-0.3, -0.25) is 0 Å². The highest BCUT2D eigenvalue weighted by Crippen LogP contribution is 2.21. The smallest absolute Gasteiger partial charge is 0.404 e. The van der Waals surface area contributed by atoms with Crippen molar-refractivity contribution in [2.75, 3.05) is 13.2 Å². The van der Waals surface area contributed by atoms with Crippen molar-refractivity contribution in [2.24, 2.45) is 0 Å². The van der Waals surface area contributed by atoms with Gasteiger partial charge in [0, 0.05) is 0 Å². The lowest BCUT2D eigenvalue weighted by Gasteiger charge is -2.21. The summed E-state index contributed by atoms with van der Waals surface area (Å²) in [5.74, 6) is 1.46. The minimum absolute atomic E-state index is 0.228. The number of benzene rings is 1. The molecule has 0 bridgehead atoms. The number of carboxylic acid groups (broad SMARTS) is 1. The maximum absolute atomic E-state index is 10.2. The molecule has 1 aliphatic rings. The molecule has 5 nitrogen and oxygen atoms in total. The van der Waals surface area contributed by atoms with Gasteiger partial charge < -0.3 is 19.9 Å². The molecule has 0 atom stereocenters. The third-order valence-electron chi connectivity index (χ3n) is 2.25. The van der Waals surface area contributed by atoms with Gasteiger partial charge in [-0.1, -0.05) is 19.3 Å². The van der Waals surface area contributed by atoms with Crippen LogP contribution >= 0.6 is 0 Å². The summed E-state index contributed by atoms with van der Waals surface area (Å²) < 4.78 is 11.0. The summed E-state index contributed by atoms with van der Waals surface area (Å²) in [5.41, 5.74) is -0.228. The maximum atomic E-state index is 10.2. The molecule has 0 saturated heterocycles. The molecular weight excluding hydrogens is 270 g/mol. The Morgan fingerprint density at radius 2 is 1.67 bits per heavy atom. The van der Waals surface area contributed by atoms with Crippen molar-refractivity contribution in [1.29, 1.82) is 0 Å². The third kappa shape index (κ3) is 10.5. The molecule has 21 heavy (non-hydrogen) atoms. The van der Waals surface area contributed by atoms with Crippen LogP contribution in [0.4, 0.5) is 4.79 Å². The van der Waals surface area contributed by atoms with Gasteiger partial charge in [-0.2, -0.15) is 0 Å². The average molecular weight is 295 g/mol. The van der Waals surface area contributed by atoms with E-state index in [0.29, 0.717) is 12.4 Å². The van der Waals surface area contributed by atoms with Crippen LogP contribution < -0.4 is 14.8 Å². The molecule has 0 heterocycles. The zero-order valence-corrected chi connectivity index (χ0v) is 13.0. The predicted molar refractivity (Wildman–Crippen MR) is 82.2 cm³/mol. The Kier molecular flexibility index (Phi) is 6.85. The van der Waals surface area contributed by atoms with Crippen molar-refractivity contribution in [2.45, 2.75) is 45.6 Å². The number of hydrogen-bond donors (Lipinski definition) is 2. The third-order valence-corrected chi connectivity index (χ3v) is 2.25. The zero-order valence-electron chi connectivity index (χ0n) is 13.0. The van der Waals surface area contributed by atoms with Crippen molar-refractivity contribution in [3.05, 3.63) is 24.3 Å². The fourth-order valence-electron chi connectivity index (χ4n) is 1.28. The van der Waals surface area contributed by atoms with Crippen LogP contribution in [0.25, 0.3) is 0 Å². The van der Waals surface area contributed by atoms with Crippen LogP contribution in [0.15, 0.2) is 24.3 Å². The summed E-state index contributed by atoms with van der Waals surface area (Å²) in [6, 6.07) is 7.24. The minimum Gasteiger partial charge on any atom is -0.492 e. The van der Waals surface area contributed by atoms with E-state index in [1.54, 1.807) is 12.1 Å². The summed E-state index contributed by atoms with van der Waals surface area (Å²) in [7, 11) is 0. The molecule has 1 saturated carbocycles. The van der Waals surface area contributed by atoms with E-state index in [0.717, 1.165) is 5.75 Å². The molecule has 1 aromatic carbocycles. The highest BCUT2D eigenvalue weighted by atomic mass is 16.5. The fourth-order valence-corrected chi connectivity index (χ4v) is 1.28. The van der Waals surface area contributed by atoms with Gasteiger partial charge in [0.15, 0.2) is 0 Å². The van der Waals surface area contributed by atoms with Crippen LogP contribution in [-0.2, 0) is 0 Å². The van der Waals surface area contributed by atoms with E-state index in [1.165, 1.54) is 19.3 Å². The van der Waals surface area contributed by atoms with Crippen LogP contribution in [0.3, 0.4) is 0 Å². The van der Waals surface area contributed by atoms with Gasteiger partial charge in [0.2, 0.25) is 0 Å². The first-order chi connectivity index (χ1) is 9.87. The summed E-state index contributed by atoms with van der Waals surface area (Å²) in [6.07, 6.45) is 3.45. The van der Waals surface area contributed by atoms with Crippen LogP contribution in [0.5, 0.6) is 11.5 Å². The second-order valence-electron chi connectivity index (χ2n) is 5.83. The van der Waals surface area contributed by atoms with Gasteiger partial charge >= 0.3 is 6.09 Å². The second-order valence-corrected chi connectivity index (χ2v) is 5.83. The molecular formula is C16H25NO4. The molecule has 0 radical (unpaired) electrons. The highest BCUT2D eigenvalue weighted by Gasteiger charge is 2.11. The van der Waals surface area contributed by atoms with Crippen LogP contribution in [-0.4, -0.2) is 30.0 Å². The molecule has 5 heteroatoms. The first kappa shape index (κ1) is 17.1.